The summed E-state index contributed by atoms with van der Waals surface area (Å²) in [6.45, 7) is 7.47. The van der Waals surface area contributed by atoms with Crippen molar-refractivity contribution in [3.63, 3.8) is 0 Å². The standard InChI is InChI=1S/C16H22ClNO3/c1-8-9(2)21-10(3)15(8)16(18)11-6-13-14(7-12(11)17)20-5-4-19-13/h6-10,15-16H,4-5,18H2,1-3H3. The second kappa shape index (κ2) is 5.67. The first kappa shape index (κ1) is 14.9. The van der Waals surface area contributed by atoms with Crippen LogP contribution in [0.3, 0.4) is 0 Å². The zero-order valence-electron chi connectivity index (χ0n) is 12.6. The molecule has 2 N–H and O–H groups in total. The number of rotatable bonds is 2. The number of hydrogen-bond donors (Lipinski definition) is 1. The molecule has 3 rings (SSSR count). The average Bonchev–Trinajstić information content (AvgIpc) is 2.70. The van der Waals surface area contributed by atoms with E-state index >= 15 is 0 Å². The molecule has 4 nitrogen and oxygen atoms in total. The molecule has 21 heavy (non-hydrogen) atoms. The summed E-state index contributed by atoms with van der Waals surface area (Å²) >= 11 is 6.41. The van der Waals surface area contributed by atoms with Gasteiger partial charge in [-0.25, -0.2) is 0 Å². The van der Waals surface area contributed by atoms with E-state index < -0.39 is 0 Å². The molecule has 2 heterocycles. The quantitative estimate of drug-likeness (QED) is 0.911. The van der Waals surface area contributed by atoms with Crippen molar-refractivity contribution in [1.29, 1.82) is 0 Å². The Morgan fingerprint density at radius 1 is 1.10 bits per heavy atom. The van der Waals surface area contributed by atoms with Crippen molar-refractivity contribution in [2.75, 3.05) is 13.2 Å². The summed E-state index contributed by atoms with van der Waals surface area (Å²) < 4.78 is 17.1. The minimum absolute atomic E-state index is 0.120. The fraction of sp³-hybridized carbons (Fsp3) is 0.625. The van der Waals surface area contributed by atoms with E-state index in [-0.39, 0.29) is 24.2 Å². The number of nitrogens with two attached hydrogens (primary N) is 1. The van der Waals surface area contributed by atoms with Crippen molar-refractivity contribution in [2.45, 2.75) is 39.0 Å². The van der Waals surface area contributed by atoms with E-state index in [2.05, 4.69) is 20.8 Å². The molecule has 1 saturated heterocycles. The summed E-state index contributed by atoms with van der Waals surface area (Å²) in [4.78, 5) is 0. The minimum atomic E-state index is -0.178. The molecule has 0 radical (unpaired) electrons. The van der Waals surface area contributed by atoms with Crippen LogP contribution in [0, 0.1) is 11.8 Å². The van der Waals surface area contributed by atoms with Crippen LogP contribution in [0.15, 0.2) is 12.1 Å². The van der Waals surface area contributed by atoms with Crippen LogP contribution >= 0.6 is 11.6 Å². The van der Waals surface area contributed by atoms with Gasteiger partial charge in [-0.15, -0.1) is 0 Å². The Morgan fingerprint density at radius 3 is 2.29 bits per heavy atom. The molecule has 2 aliphatic rings. The Labute approximate surface area is 130 Å². The summed E-state index contributed by atoms with van der Waals surface area (Å²) in [7, 11) is 0. The van der Waals surface area contributed by atoms with Gasteiger partial charge >= 0.3 is 0 Å². The maximum Gasteiger partial charge on any atom is 0.162 e. The molecule has 0 amide bonds. The molecule has 0 aliphatic carbocycles. The summed E-state index contributed by atoms with van der Waals surface area (Å²) in [6, 6.07) is 3.55. The van der Waals surface area contributed by atoms with Gasteiger partial charge in [0.2, 0.25) is 0 Å². The van der Waals surface area contributed by atoms with E-state index in [1.165, 1.54) is 0 Å². The third-order valence-corrected chi connectivity index (χ3v) is 5.08. The molecule has 0 aromatic heterocycles. The highest BCUT2D eigenvalue weighted by molar-refractivity contribution is 6.31. The van der Waals surface area contributed by atoms with E-state index in [1.54, 1.807) is 6.07 Å². The van der Waals surface area contributed by atoms with Gasteiger partial charge in [-0.1, -0.05) is 18.5 Å². The van der Waals surface area contributed by atoms with Crippen LogP contribution in [0.1, 0.15) is 32.4 Å². The molecule has 1 aromatic carbocycles. The first-order valence-electron chi connectivity index (χ1n) is 7.49. The van der Waals surface area contributed by atoms with Crippen LogP contribution in [0.5, 0.6) is 11.5 Å². The summed E-state index contributed by atoms with van der Waals surface area (Å²) in [5.74, 6) is 2.04. The minimum Gasteiger partial charge on any atom is -0.486 e. The largest absolute Gasteiger partial charge is 0.486 e. The van der Waals surface area contributed by atoms with Gasteiger partial charge in [-0.05, 0) is 31.4 Å². The maximum absolute atomic E-state index is 6.52. The third-order valence-electron chi connectivity index (χ3n) is 4.75. The van der Waals surface area contributed by atoms with Gasteiger partial charge in [-0.3, -0.25) is 0 Å². The zero-order valence-corrected chi connectivity index (χ0v) is 13.4. The van der Waals surface area contributed by atoms with Crippen LogP contribution in [0.25, 0.3) is 0 Å². The van der Waals surface area contributed by atoms with Gasteiger partial charge in [0, 0.05) is 23.0 Å². The van der Waals surface area contributed by atoms with Crippen molar-refractivity contribution in [1.82, 2.24) is 0 Å². The molecule has 0 spiro atoms. The SMILES string of the molecule is CC1OC(C)C(C(N)c2cc3c(cc2Cl)OCCO3)C1C. The number of halogens is 1. The fourth-order valence-corrected chi connectivity index (χ4v) is 3.73. The van der Waals surface area contributed by atoms with Crippen molar-refractivity contribution in [2.24, 2.45) is 17.6 Å². The smallest absolute Gasteiger partial charge is 0.162 e. The van der Waals surface area contributed by atoms with Crippen molar-refractivity contribution < 1.29 is 14.2 Å². The van der Waals surface area contributed by atoms with Crippen LogP contribution < -0.4 is 15.2 Å². The summed E-state index contributed by atoms with van der Waals surface area (Å²) in [5.41, 5.74) is 7.42. The normalized spacial score (nSPS) is 33.0. The number of benzene rings is 1. The molecule has 2 aliphatic heterocycles. The lowest BCUT2D eigenvalue weighted by Crippen LogP contribution is -2.31. The fourth-order valence-electron chi connectivity index (χ4n) is 3.46. The Bertz CT molecular complexity index is 536. The molecule has 1 aromatic rings. The second-order valence-electron chi connectivity index (χ2n) is 6.03. The second-order valence-corrected chi connectivity index (χ2v) is 6.43. The zero-order chi connectivity index (χ0) is 15.1. The van der Waals surface area contributed by atoms with Gasteiger partial charge < -0.3 is 19.9 Å². The van der Waals surface area contributed by atoms with Gasteiger partial charge in [0.25, 0.3) is 0 Å². The highest BCUT2D eigenvalue weighted by Crippen LogP contribution is 2.44. The van der Waals surface area contributed by atoms with Crippen LogP contribution in [-0.2, 0) is 4.74 Å². The van der Waals surface area contributed by atoms with Gasteiger partial charge in [0.15, 0.2) is 11.5 Å². The van der Waals surface area contributed by atoms with Gasteiger partial charge in [-0.2, -0.15) is 0 Å². The summed E-state index contributed by atoms with van der Waals surface area (Å²) in [6.07, 6.45) is 0.335. The van der Waals surface area contributed by atoms with Gasteiger partial charge in [0.1, 0.15) is 13.2 Å². The molecule has 0 saturated carbocycles. The predicted molar refractivity (Wildman–Crippen MR) is 82.0 cm³/mol. The summed E-state index contributed by atoms with van der Waals surface area (Å²) in [5, 5.41) is 0.630. The highest BCUT2D eigenvalue weighted by Gasteiger charge is 2.41. The molecule has 116 valence electrons. The van der Waals surface area contributed by atoms with Crippen LogP contribution in [0.2, 0.25) is 5.02 Å². The maximum atomic E-state index is 6.52. The first-order valence-corrected chi connectivity index (χ1v) is 7.87. The molecule has 5 heteroatoms. The molecule has 5 atom stereocenters. The lowest BCUT2D eigenvalue weighted by atomic mass is 9.81. The van der Waals surface area contributed by atoms with E-state index in [1.807, 2.05) is 6.07 Å². The highest BCUT2D eigenvalue weighted by atomic mass is 35.5. The van der Waals surface area contributed by atoms with E-state index in [0.29, 0.717) is 29.9 Å². The third kappa shape index (κ3) is 2.60. The van der Waals surface area contributed by atoms with E-state index in [0.717, 1.165) is 11.3 Å². The molecule has 1 fully saturated rings. The Kier molecular flexibility index (Phi) is 4.04. The molecular weight excluding hydrogens is 290 g/mol. The topological polar surface area (TPSA) is 53.7 Å². The average molecular weight is 312 g/mol. The molecule has 0 bridgehead atoms. The van der Waals surface area contributed by atoms with Crippen LogP contribution in [0.4, 0.5) is 0 Å². The predicted octanol–water partition coefficient (Wildman–Crippen LogP) is 3.17. The van der Waals surface area contributed by atoms with Crippen molar-refractivity contribution in [3.05, 3.63) is 22.7 Å². The number of ether oxygens (including phenoxy) is 3. The van der Waals surface area contributed by atoms with Crippen molar-refractivity contribution >= 4 is 11.6 Å². The van der Waals surface area contributed by atoms with E-state index in [9.17, 15) is 0 Å². The van der Waals surface area contributed by atoms with Crippen molar-refractivity contribution in [3.8, 4) is 11.5 Å². The first-order chi connectivity index (χ1) is 9.99. The van der Waals surface area contributed by atoms with Crippen LogP contribution in [-0.4, -0.2) is 25.4 Å². The lowest BCUT2D eigenvalue weighted by Gasteiger charge is -2.28. The number of fused-ring (bicyclic) bond motifs is 1. The Balaban J connectivity index is 1.92. The van der Waals surface area contributed by atoms with Gasteiger partial charge in [0.05, 0.1) is 12.2 Å². The lowest BCUT2D eigenvalue weighted by molar-refractivity contribution is 0.0489. The monoisotopic (exact) mass is 311 g/mol. The Morgan fingerprint density at radius 2 is 1.71 bits per heavy atom. The Hall–Kier alpha value is -0.970. The number of hydrogen-bond acceptors (Lipinski definition) is 4. The van der Waals surface area contributed by atoms with E-state index in [4.69, 9.17) is 31.5 Å². The molecule has 5 unspecified atom stereocenters. The molecular formula is C16H22ClNO3.